The number of benzene rings is 1. The molecule has 0 spiro atoms. The molecule has 0 unspecified atom stereocenters. The monoisotopic (exact) mass is 244 g/mol. The van der Waals surface area contributed by atoms with Crippen LogP contribution in [-0.4, -0.2) is 25.3 Å². The Morgan fingerprint density at radius 1 is 1.11 bits per heavy atom. The molecule has 0 aliphatic carbocycles. The van der Waals surface area contributed by atoms with Crippen molar-refractivity contribution in [3.63, 3.8) is 0 Å². The van der Waals surface area contributed by atoms with Crippen LogP contribution in [0.25, 0.3) is 5.65 Å². The highest BCUT2D eigenvalue weighted by atomic mass is 19.1. The molecule has 3 rings (SSSR count). The van der Waals surface area contributed by atoms with Crippen LogP contribution in [0.2, 0.25) is 0 Å². The molecule has 18 heavy (non-hydrogen) atoms. The van der Waals surface area contributed by atoms with Gasteiger partial charge in [0.25, 0.3) is 0 Å². The Kier molecular flexibility index (Phi) is 2.56. The number of hydrogen-bond acceptors (Lipinski definition) is 5. The summed E-state index contributed by atoms with van der Waals surface area (Å²) >= 11 is 0. The van der Waals surface area contributed by atoms with Gasteiger partial charge < -0.3 is 5.32 Å². The lowest BCUT2D eigenvalue weighted by Crippen LogP contribution is -2.04. The van der Waals surface area contributed by atoms with E-state index in [2.05, 4.69) is 25.9 Å². The molecule has 6 nitrogen and oxygen atoms in total. The van der Waals surface area contributed by atoms with Gasteiger partial charge in [0.1, 0.15) is 11.6 Å². The van der Waals surface area contributed by atoms with Crippen LogP contribution in [0.3, 0.4) is 0 Å². The first-order valence-electron chi connectivity index (χ1n) is 5.35. The maximum atomic E-state index is 12.7. The number of nitrogens with zero attached hydrogens (tertiary/aromatic N) is 5. The van der Waals surface area contributed by atoms with E-state index in [0.29, 0.717) is 18.0 Å². The highest BCUT2D eigenvalue weighted by Crippen LogP contribution is 2.07. The molecule has 2 heterocycles. The summed E-state index contributed by atoms with van der Waals surface area (Å²) in [6.45, 7) is 0.556. The van der Waals surface area contributed by atoms with Gasteiger partial charge in [-0.25, -0.2) is 4.39 Å². The minimum Gasteiger partial charge on any atom is -0.365 e. The van der Waals surface area contributed by atoms with Crippen molar-refractivity contribution in [3.05, 3.63) is 47.8 Å². The number of aromatic nitrogens is 5. The number of nitrogens with one attached hydrogen (secondary N) is 1. The SMILES string of the molecule is Fc1ccc(CNc2ccc3nnnn3n2)cc1. The van der Waals surface area contributed by atoms with Crippen molar-refractivity contribution < 1.29 is 4.39 Å². The predicted molar refractivity (Wildman–Crippen MR) is 62.3 cm³/mol. The number of fused-ring (bicyclic) bond motifs is 1. The van der Waals surface area contributed by atoms with E-state index in [1.807, 2.05) is 0 Å². The first-order valence-corrected chi connectivity index (χ1v) is 5.35. The van der Waals surface area contributed by atoms with Crippen molar-refractivity contribution in [3.8, 4) is 0 Å². The molecule has 7 heteroatoms. The molecule has 0 amide bonds. The molecule has 0 bridgehead atoms. The van der Waals surface area contributed by atoms with E-state index in [9.17, 15) is 4.39 Å². The summed E-state index contributed by atoms with van der Waals surface area (Å²) in [6, 6.07) is 9.84. The van der Waals surface area contributed by atoms with E-state index in [1.165, 1.54) is 16.8 Å². The summed E-state index contributed by atoms with van der Waals surface area (Å²) < 4.78 is 14.1. The van der Waals surface area contributed by atoms with Crippen LogP contribution in [-0.2, 0) is 6.54 Å². The topological polar surface area (TPSA) is 68.0 Å². The van der Waals surface area contributed by atoms with Crippen LogP contribution in [0.1, 0.15) is 5.56 Å². The fraction of sp³-hybridized carbons (Fsp3) is 0.0909. The van der Waals surface area contributed by atoms with Gasteiger partial charge in [0.05, 0.1) is 0 Å². The van der Waals surface area contributed by atoms with Crippen LogP contribution < -0.4 is 5.32 Å². The van der Waals surface area contributed by atoms with Crippen LogP contribution in [0.4, 0.5) is 10.2 Å². The van der Waals surface area contributed by atoms with Crippen molar-refractivity contribution >= 4 is 11.5 Å². The largest absolute Gasteiger partial charge is 0.365 e. The maximum Gasteiger partial charge on any atom is 0.200 e. The average Bonchev–Trinajstić information content (AvgIpc) is 2.85. The van der Waals surface area contributed by atoms with Crippen LogP contribution in [0.5, 0.6) is 0 Å². The zero-order valence-electron chi connectivity index (χ0n) is 9.29. The number of halogens is 1. The molecule has 0 atom stereocenters. The van der Waals surface area contributed by atoms with E-state index >= 15 is 0 Å². The quantitative estimate of drug-likeness (QED) is 0.751. The Balaban J connectivity index is 1.74. The minimum absolute atomic E-state index is 0.244. The second kappa shape index (κ2) is 4.36. The van der Waals surface area contributed by atoms with Crippen molar-refractivity contribution in [2.24, 2.45) is 0 Å². The summed E-state index contributed by atoms with van der Waals surface area (Å²) in [5.41, 5.74) is 1.55. The number of tetrazole rings is 1. The predicted octanol–water partition coefficient (Wildman–Crippen LogP) is 1.27. The van der Waals surface area contributed by atoms with Gasteiger partial charge in [-0.05, 0) is 40.3 Å². The van der Waals surface area contributed by atoms with Crippen molar-refractivity contribution in [1.82, 2.24) is 25.3 Å². The third-order valence-corrected chi connectivity index (χ3v) is 2.46. The van der Waals surface area contributed by atoms with E-state index in [4.69, 9.17) is 0 Å². The van der Waals surface area contributed by atoms with Gasteiger partial charge in [-0.3, -0.25) is 0 Å². The molecule has 90 valence electrons. The third kappa shape index (κ3) is 2.10. The fourth-order valence-electron chi connectivity index (χ4n) is 1.54. The Morgan fingerprint density at radius 3 is 2.78 bits per heavy atom. The molecule has 3 aromatic rings. The van der Waals surface area contributed by atoms with E-state index in [-0.39, 0.29) is 5.82 Å². The Labute approximate surface area is 101 Å². The molecule has 0 aliphatic heterocycles. The van der Waals surface area contributed by atoms with Gasteiger partial charge in [0.2, 0.25) is 0 Å². The normalized spacial score (nSPS) is 10.7. The molecule has 1 N–H and O–H groups in total. The van der Waals surface area contributed by atoms with Gasteiger partial charge in [-0.15, -0.1) is 14.8 Å². The van der Waals surface area contributed by atoms with Gasteiger partial charge in [-0.1, -0.05) is 12.1 Å². The van der Waals surface area contributed by atoms with Gasteiger partial charge in [0.15, 0.2) is 5.65 Å². The zero-order valence-corrected chi connectivity index (χ0v) is 9.29. The molecule has 0 radical (unpaired) electrons. The first kappa shape index (κ1) is 10.6. The number of rotatable bonds is 3. The summed E-state index contributed by atoms with van der Waals surface area (Å²) in [5.74, 6) is 0.408. The van der Waals surface area contributed by atoms with Gasteiger partial charge in [0, 0.05) is 6.54 Å². The first-order chi connectivity index (χ1) is 8.81. The summed E-state index contributed by atoms with van der Waals surface area (Å²) in [7, 11) is 0. The average molecular weight is 244 g/mol. The smallest absolute Gasteiger partial charge is 0.200 e. The van der Waals surface area contributed by atoms with Gasteiger partial charge >= 0.3 is 0 Å². The molecular formula is C11H9FN6. The molecule has 0 aliphatic rings. The fourth-order valence-corrected chi connectivity index (χ4v) is 1.54. The van der Waals surface area contributed by atoms with Crippen molar-refractivity contribution in [2.75, 3.05) is 5.32 Å². The second-order valence-electron chi connectivity index (χ2n) is 3.73. The lowest BCUT2D eigenvalue weighted by Gasteiger charge is -2.04. The second-order valence-corrected chi connectivity index (χ2v) is 3.73. The Bertz CT molecular complexity index is 663. The maximum absolute atomic E-state index is 12.7. The summed E-state index contributed by atoms with van der Waals surface area (Å²) in [5, 5.41) is 18.2. The van der Waals surface area contributed by atoms with E-state index in [0.717, 1.165) is 5.56 Å². The van der Waals surface area contributed by atoms with Crippen molar-refractivity contribution in [1.29, 1.82) is 0 Å². The molecule has 0 saturated heterocycles. The molecular weight excluding hydrogens is 235 g/mol. The van der Waals surface area contributed by atoms with Crippen LogP contribution in [0.15, 0.2) is 36.4 Å². The third-order valence-electron chi connectivity index (χ3n) is 2.46. The van der Waals surface area contributed by atoms with Gasteiger partial charge in [-0.2, -0.15) is 0 Å². The van der Waals surface area contributed by atoms with E-state index < -0.39 is 0 Å². The standard InChI is InChI=1S/C11H9FN6/c12-9-3-1-8(2-4-9)7-13-10-5-6-11-14-16-17-18(11)15-10/h1-6H,7H2,(H,13,15). The summed E-state index contributed by atoms with van der Waals surface area (Å²) in [4.78, 5) is 0. The Hall–Kier alpha value is -2.57. The number of hydrogen-bond donors (Lipinski definition) is 1. The lowest BCUT2D eigenvalue weighted by atomic mass is 10.2. The highest BCUT2D eigenvalue weighted by Gasteiger charge is 2.00. The Morgan fingerprint density at radius 2 is 1.94 bits per heavy atom. The molecule has 0 fully saturated rings. The van der Waals surface area contributed by atoms with Crippen molar-refractivity contribution in [2.45, 2.75) is 6.54 Å². The highest BCUT2D eigenvalue weighted by molar-refractivity contribution is 5.42. The molecule has 2 aromatic heterocycles. The molecule has 1 aromatic carbocycles. The number of anilines is 1. The van der Waals surface area contributed by atoms with Crippen LogP contribution in [0, 0.1) is 5.82 Å². The van der Waals surface area contributed by atoms with Crippen LogP contribution >= 0.6 is 0 Å². The summed E-state index contributed by atoms with van der Waals surface area (Å²) in [6.07, 6.45) is 0. The zero-order chi connectivity index (χ0) is 12.4. The lowest BCUT2D eigenvalue weighted by molar-refractivity contribution is 0.627. The molecule has 0 saturated carbocycles. The van der Waals surface area contributed by atoms with E-state index in [1.54, 1.807) is 24.3 Å². The minimum atomic E-state index is -0.244.